The average molecular weight is 479 g/mol. The summed E-state index contributed by atoms with van der Waals surface area (Å²) in [6.07, 6.45) is 0.886. The van der Waals surface area contributed by atoms with Crippen molar-refractivity contribution in [3.8, 4) is 33.8 Å². The van der Waals surface area contributed by atoms with E-state index >= 15 is 0 Å². The van der Waals surface area contributed by atoms with Crippen molar-refractivity contribution in [1.82, 2.24) is 0 Å². The summed E-state index contributed by atoms with van der Waals surface area (Å²) in [6.45, 7) is 1.98. The third-order valence-corrected chi connectivity index (χ3v) is 5.83. The Hall–Kier alpha value is -3.77. The highest BCUT2D eigenvalue weighted by atomic mass is 19.2. The van der Waals surface area contributed by atoms with Crippen molar-refractivity contribution in [2.24, 2.45) is 0 Å². The lowest BCUT2D eigenvalue weighted by molar-refractivity contribution is 0.166. The number of aliphatic hydroxyl groups excluding tert-OH is 1. The number of phenolic OH excluding ortho intramolecular Hbond substituents is 1. The van der Waals surface area contributed by atoms with Gasteiger partial charge in [-0.05, 0) is 52.9 Å². The van der Waals surface area contributed by atoms with Gasteiger partial charge in [0.15, 0.2) is 11.6 Å². The maximum absolute atomic E-state index is 14.8. The van der Waals surface area contributed by atoms with E-state index in [0.29, 0.717) is 28.7 Å². The topological polar surface area (TPSA) is 49.7 Å². The lowest BCUT2D eigenvalue weighted by Crippen LogP contribution is -2.01. The van der Waals surface area contributed by atoms with E-state index in [2.05, 4.69) is 0 Å². The third-order valence-electron chi connectivity index (χ3n) is 5.83. The Morgan fingerprint density at radius 2 is 1.40 bits per heavy atom. The number of ether oxygens (including phenoxy) is 1. The second-order valence-corrected chi connectivity index (χ2v) is 8.32. The van der Waals surface area contributed by atoms with Crippen LogP contribution in [-0.2, 0) is 6.61 Å². The summed E-state index contributed by atoms with van der Waals surface area (Å²) in [5, 5.41) is 19.4. The number of hydrogen-bond donors (Lipinski definition) is 2. The number of aromatic hydroxyl groups is 1. The van der Waals surface area contributed by atoms with Gasteiger partial charge in [0, 0.05) is 17.2 Å². The minimum absolute atomic E-state index is 0.00192. The zero-order chi connectivity index (χ0) is 24.9. The Labute approximate surface area is 202 Å². The number of benzene rings is 4. The predicted octanol–water partition coefficient (Wildman–Crippen LogP) is 7.56. The van der Waals surface area contributed by atoms with Crippen LogP contribution in [0.15, 0.2) is 78.9 Å². The first-order valence-corrected chi connectivity index (χ1v) is 11.3. The molecule has 0 fully saturated rings. The lowest BCUT2D eigenvalue weighted by atomic mass is 9.99. The van der Waals surface area contributed by atoms with Crippen molar-refractivity contribution >= 4 is 0 Å². The molecule has 0 aliphatic heterocycles. The smallest absolute Gasteiger partial charge is 0.201 e. The zero-order valence-corrected chi connectivity index (χ0v) is 19.1. The van der Waals surface area contributed by atoms with Crippen LogP contribution in [0.1, 0.15) is 37.0 Å². The average Bonchev–Trinajstić information content (AvgIpc) is 2.86. The molecule has 6 heteroatoms. The molecule has 1 unspecified atom stereocenters. The summed E-state index contributed by atoms with van der Waals surface area (Å²) in [5.41, 5.74) is 2.98. The molecule has 1 atom stereocenters. The van der Waals surface area contributed by atoms with Crippen molar-refractivity contribution in [2.45, 2.75) is 32.5 Å². The summed E-state index contributed by atoms with van der Waals surface area (Å²) in [4.78, 5) is 0. The molecule has 3 nitrogen and oxygen atoms in total. The molecule has 0 aliphatic carbocycles. The zero-order valence-electron chi connectivity index (χ0n) is 19.1. The normalized spacial score (nSPS) is 11.9. The van der Waals surface area contributed by atoms with E-state index < -0.39 is 23.6 Å². The van der Waals surface area contributed by atoms with Crippen LogP contribution in [-0.4, -0.2) is 10.2 Å². The fraction of sp³-hybridized carbons (Fsp3) is 0.172. The van der Waals surface area contributed by atoms with Crippen molar-refractivity contribution in [3.63, 3.8) is 0 Å². The highest BCUT2D eigenvalue weighted by Gasteiger charge is 2.17. The van der Waals surface area contributed by atoms with Crippen molar-refractivity contribution < 1.29 is 28.1 Å². The van der Waals surface area contributed by atoms with E-state index in [4.69, 9.17) is 4.74 Å². The van der Waals surface area contributed by atoms with E-state index in [1.165, 1.54) is 24.3 Å². The molecular formula is C29H25F3O3. The van der Waals surface area contributed by atoms with Crippen LogP contribution in [0.3, 0.4) is 0 Å². The van der Waals surface area contributed by atoms with Gasteiger partial charge in [-0.25, -0.2) is 8.78 Å². The summed E-state index contributed by atoms with van der Waals surface area (Å²) in [5.74, 6) is -3.00. The number of rotatable bonds is 8. The Balaban J connectivity index is 1.45. The summed E-state index contributed by atoms with van der Waals surface area (Å²) in [7, 11) is 0. The molecule has 4 aromatic rings. The summed E-state index contributed by atoms with van der Waals surface area (Å²) < 4.78 is 49.1. The maximum atomic E-state index is 14.8. The standard InChI is InChI=1S/C29H25F3O3/c1-2-3-26(34)21-10-8-20(9-11-21)24-14-15-27(29(32)28(24)31)35-17-18-4-6-19(7-5-18)23-13-12-22(33)16-25(23)30/h4-16,26,33-34H,2-3,17H2,1H3. The van der Waals surface area contributed by atoms with Crippen LogP contribution < -0.4 is 4.74 Å². The van der Waals surface area contributed by atoms with E-state index in [9.17, 15) is 23.4 Å². The third kappa shape index (κ3) is 5.49. The van der Waals surface area contributed by atoms with Crippen molar-refractivity contribution in [2.75, 3.05) is 0 Å². The van der Waals surface area contributed by atoms with Crippen LogP contribution in [0, 0.1) is 17.5 Å². The summed E-state index contributed by atoms with van der Waals surface area (Å²) >= 11 is 0. The van der Waals surface area contributed by atoms with E-state index in [1.54, 1.807) is 48.5 Å². The van der Waals surface area contributed by atoms with Crippen LogP contribution in [0.4, 0.5) is 13.2 Å². The van der Waals surface area contributed by atoms with Crippen LogP contribution in [0.2, 0.25) is 0 Å². The number of phenols is 1. The Morgan fingerprint density at radius 1 is 0.771 bits per heavy atom. The number of hydrogen-bond acceptors (Lipinski definition) is 3. The first-order valence-electron chi connectivity index (χ1n) is 11.3. The van der Waals surface area contributed by atoms with Gasteiger partial charge < -0.3 is 14.9 Å². The van der Waals surface area contributed by atoms with Crippen molar-refractivity contribution in [1.29, 1.82) is 0 Å². The molecule has 0 radical (unpaired) electrons. The minimum atomic E-state index is -1.08. The Bertz CT molecular complexity index is 1300. The lowest BCUT2D eigenvalue weighted by Gasteiger charge is -2.13. The van der Waals surface area contributed by atoms with Gasteiger partial charge in [-0.2, -0.15) is 4.39 Å². The summed E-state index contributed by atoms with van der Waals surface area (Å²) in [6, 6.07) is 20.3. The fourth-order valence-electron chi connectivity index (χ4n) is 3.87. The molecule has 0 aromatic heterocycles. The molecule has 4 rings (SSSR count). The SMILES string of the molecule is CCCC(O)c1ccc(-c2ccc(OCc3ccc(-c4ccc(O)cc4F)cc3)c(F)c2F)cc1. The second kappa shape index (κ2) is 10.7. The molecule has 35 heavy (non-hydrogen) atoms. The van der Waals surface area contributed by atoms with Crippen LogP contribution in [0.5, 0.6) is 11.5 Å². The van der Waals surface area contributed by atoms with Gasteiger partial charge in [-0.15, -0.1) is 0 Å². The van der Waals surface area contributed by atoms with Gasteiger partial charge >= 0.3 is 0 Å². The molecule has 0 saturated carbocycles. The first-order chi connectivity index (χ1) is 16.9. The maximum Gasteiger partial charge on any atom is 0.201 e. The largest absolute Gasteiger partial charge is 0.508 e. The van der Waals surface area contributed by atoms with E-state index in [1.807, 2.05) is 6.92 Å². The van der Waals surface area contributed by atoms with Gasteiger partial charge in [0.25, 0.3) is 0 Å². The Kier molecular flexibility index (Phi) is 7.42. The molecule has 2 N–H and O–H groups in total. The van der Waals surface area contributed by atoms with Gasteiger partial charge in [0.2, 0.25) is 5.82 Å². The quantitative estimate of drug-likeness (QED) is 0.275. The molecule has 0 heterocycles. The van der Waals surface area contributed by atoms with Gasteiger partial charge in [-0.1, -0.05) is 61.9 Å². The van der Waals surface area contributed by atoms with E-state index in [-0.39, 0.29) is 23.7 Å². The number of aliphatic hydroxyl groups is 1. The molecule has 0 aliphatic rings. The Morgan fingerprint density at radius 3 is 2.06 bits per heavy atom. The number of halogens is 3. The predicted molar refractivity (Wildman–Crippen MR) is 129 cm³/mol. The fourth-order valence-corrected chi connectivity index (χ4v) is 3.87. The van der Waals surface area contributed by atoms with Gasteiger partial charge in [0.05, 0.1) is 6.10 Å². The molecular weight excluding hydrogens is 453 g/mol. The second-order valence-electron chi connectivity index (χ2n) is 8.32. The van der Waals surface area contributed by atoms with E-state index in [0.717, 1.165) is 18.1 Å². The molecule has 0 amide bonds. The minimum Gasteiger partial charge on any atom is -0.508 e. The van der Waals surface area contributed by atoms with Crippen LogP contribution in [0.25, 0.3) is 22.3 Å². The van der Waals surface area contributed by atoms with Gasteiger partial charge in [-0.3, -0.25) is 0 Å². The first kappa shape index (κ1) is 24.4. The van der Waals surface area contributed by atoms with Crippen LogP contribution >= 0.6 is 0 Å². The highest BCUT2D eigenvalue weighted by molar-refractivity contribution is 5.66. The monoisotopic (exact) mass is 478 g/mol. The highest BCUT2D eigenvalue weighted by Crippen LogP contribution is 2.32. The molecule has 4 aromatic carbocycles. The molecule has 180 valence electrons. The van der Waals surface area contributed by atoms with Crippen molar-refractivity contribution in [3.05, 3.63) is 107 Å². The molecule has 0 bridgehead atoms. The molecule has 0 spiro atoms. The van der Waals surface area contributed by atoms with Gasteiger partial charge in [0.1, 0.15) is 18.2 Å². The molecule has 0 saturated heterocycles.